The molecule has 1 aliphatic heterocycles. The van der Waals surface area contributed by atoms with Gasteiger partial charge in [-0.05, 0) is 56.8 Å². The van der Waals surface area contributed by atoms with E-state index in [1.165, 1.54) is 31.7 Å². The van der Waals surface area contributed by atoms with Crippen LogP contribution in [0.1, 0.15) is 25.7 Å². The number of para-hydroxylation sites is 1. The van der Waals surface area contributed by atoms with Gasteiger partial charge in [-0.15, -0.1) is 0 Å². The molecule has 3 nitrogen and oxygen atoms in total. The third-order valence-electron chi connectivity index (χ3n) is 4.43. The van der Waals surface area contributed by atoms with Crippen molar-refractivity contribution in [3.63, 3.8) is 0 Å². The predicted octanol–water partition coefficient (Wildman–Crippen LogP) is 2.67. The average Bonchev–Trinajstić information content (AvgIpc) is 3.34. The van der Waals surface area contributed by atoms with Gasteiger partial charge in [-0.3, -0.25) is 4.90 Å². The Morgan fingerprint density at radius 2 is 2.10 bits per heavy atom. The number of nitrogens with zero attached hydrogens (tertiary/aromatic N) is 1. The van der Waals surface area contributed by atoms with Crippen LogP contribution >= 0.6 is 0 Å². The van der Waals surface area contributed by atoms with Crippen molar-refractivity contribution in [1.82, 2.24) is 10.2 Å². The minimum Gasteiger partial charge on any atom is -0.489 e. The van der Waals surface area contributed by atoms with Crippen LogP contribution in [0.25, 0.3) is 0 Å². The first kappa shape index (κ1) is 14.8. The first-order chi connectivity index (χ1) is 10.3. The van der Waals surface area contributed by atoms with Crippen molar-refractivity contribution in [3.05, 3.63) is 30.1 Å². The highest BCUT2D eigenvalue weighted by Gasteiger charge is 2.30. The molecule has 1 N–H and O–H groups in total. The fourth-order valence-electron chi connectivity index (χ4n) is 3.11. The zero-order valence-electron chi connectivity index (χ0n) is 12.6. The number of ether oxygens (including phenoxy) is 1. The maximum Gasteiger partial charge on any atom is 0.165 e. The molecule has 2 fully saturated rings. The number of hydrogen-bond donors (Lipinski definition) is 1. The van der Waals surface area contributed by atoms with Crippen LogP contribution in [0.4, 0.5) is 4.39 Å². The molecular weight excluding hydrogens is 267 g/mol. The van der Waals surface area contributed by atoms with E-state index in [1.54, 1.807) is 12.1 Å². The standard InChI is InChI=1S/C17H25FN2O/c18-16-5-1-2-6-17(16)21-11-10-20(15-7-8-15)13-14-4-3-9-19-12-14/h1-2,5-6,14-15,19H,3-4,7-13H2. The molecule has 4 heteroatoms. The summed E-state index contributed by atoms with van der Waals surface area (Å²) in [6.07, 6.45) is 5.22. The lowest BCUT2D eigenvalue weighted by atomic mass is 9.99. The van der Waals surface area contributed by atoms with Crippen molar-refractivity contribution < 1.29 is 9.13 Å². The molecule has 1 heterocycles. The number of rotatable bonds is 7. The summed E-state index contributed by atoms with van der Waals surface area (Å²) < 4.78 is 19.1. The van der Waals surface area contributed by atoms with Gasteiger partial charge in [0, 0.05) is 19.1 Å². The topological polar surface area (TPSA) is 24.5 Å². The molecule has 1 aromatic rings. The van der Waals surface area contributed by atoms with E-state index in [-0.39, 0.29) is 5.82 Å². The van der Waals surface area contributed by atoms with Gasteiger partial charge in [0.15, 0.2) is 11.6 Å². The number of halogens is 1. The molecule has 21 heavy (non-hydrogen) atoms. The Morgan fingerprint density at radius 3 is 2.81 bits per heavy atom. The Balaban J connectivity index is 1.45. The zero-order chi connectivity index (χ0) is 14.5. The van der Waals surface area contributed by atoms with Gasteiger partial charge < -0.3 is 10.1 Å². The Bertz CT molecular complexity index is 444. The van der Waals surface area contributed by atoms with Crippen molar-refractivity contribution in [1.29, 1.82) is 0 Å². The van der Waals surface area contributed by atoms with Gasteiger partial charge in [-0.2, -0.15) is 0 Å². The van der Waals surface area contributed by atoms with Crippen LogP contribution in [0.3, 0.4) is 0 Å². The van der Waals surface area contributed by atoms with E-state index in [2.05, 4.69) is 10.2 Å². The lowest BCUT2D eigenvalue weighted by Gasteiger charge is -2.30. The van der Waals surface area contributed by atoms with Gasteiger partial charge >= 0.3 is 0 Å². The molecule has 1 unspecified atom stereocenters. The summed E-state index contributed by atoms with van der Waals surface area (Å²) in [6, 6.07) is 7.37. The van der Waals surface area contributed by atoms with Gasteiger partial charge in [0.2, 0.25) is 0 Å². The lowest BCUT2D eigenvalue weighted by molar-refractivity contribution is 0.164. The monoisotopic (exact) mass is 292 g/mol. The fourth-order valence-corrected chi connectivity index (χ4v) is 3.11. The van der Waals surface area contributed by atoms with Gasteiger partial charge in [0.1, 0.15) is 6.61 Å². The van der Waals surface area contributed by atoms with Gasteiger partial charge in [0.25, 0.3) is 0 Å². The minimum atomic E-state index is -0.271. The Kier molecular flexibility index (Phi) is 5.09. The fraction of sp³-hybridized carbons (Fsp3) is 0.647. The molecule has 3 rings (SSSR count). The number of nitrogens with one attached hydrogen (secondary N) is 1. The summed E-state index contributed by atoms with van der Waals surface area (Å²) in [5.74, 6) is 0.854. The van der Waals surface area contributed by atoms with Crippen LogP contribution in [0.5, 0.6) is 5.75 Å². The average molecular weight is 292 g/mol. The summed E-state index contributed by atoms with van der Waals surface area (Å²) in [5, 5.41) is 3.48. The van der Waals surface area contributed by atoms with E-state index in [1.807, 2.05) is 6.07 Å². The molecular formula is C17H25FN2O. The molecule has 1 aliphatic carbocycles. The molecule has 116 valence electrons. The molecule has 0 spiro atoms. The first-order valence-electron chi connectivity index (χ1n) is 8.15. The van der Waals surface area contributed by atoms with Crippen LogP contribution in [-0.4, -0.2) is 43.7 Å². The van der Waals surface area contributed by atoms with Gasteiger partial charge in [-0.25, -0.2) is 4.39 Å². The predicted molar refractivity (Wildman–Crippen MR) is 82.1 cm³/mol. The number of piperidine rings is 1. The third-order valence-corrected chi connectivity index (χ3v) is 4.43. The van der Waals surface area contributed by atoms with Crippen LogP contribution in [0.2, 0.25) is 0 Å². The highest BCUT2D eigenvalue weighted by Crippen LogP contribution is 2.28. The molecule has 0 radical (unpaired) electrons. The Hall–Kier alpha value is -1.13. The zero-order valence-corrected chi connectivity index (χ0v) is 12.6. The van der Waals surface area contributed by atoms with Crippen LogP contribution in [0.15, 0.2) is 24.3 Å². The van der Waals surface area contributed by atoms with Crippen LogP contribution < -0.4 is 10.1 Å². The van der Waals surface area contributed by atoms with E-state index in [4.69, 9.17) is 4.74 Å². The maximum atomic E-state index is 13.5. The highest BCUT2D eigenvalue weighted by molar-refractivity contribution is 5.23. The summed E-state index contributed by atoms with van der Waals surface area (Å²) in [4.78, 5) is 2.54. The highest BCUT2D eigenvalue weighted by atomic mass is 19.1. The summed E-state index contributed by atoms with van der Waals surface area (Å²) in [6.45, 7) is 4.92. The molecule has 2 aliphatic rings. The van der Waals surface area contributed by atoms with Crippen molar-refractivity contribution in [2.24, 2.45) is 5.92 Å². The molecule has 1 saturated heterocycles. The summed E-state index contributed by atoms with van der Waals surface area (Å²) in [7, 11) is 0. The maximum absolute atomic E-state index is 13.5. The van der Waals surface area contributed by atoms with E-state index in [0.717, 1.165) is 38.1 Å². The van der Waals surface area contributed by atoms with Crippen molar-refractivity contribution in [3.8, 4) is 5.75 Å². The lowest BCUT2D eigenvalue weighted by Crippen LogP contribution is -2.40. The minimum absolute atomic E-state index is 0.271. The Morgan fingerprint density at radius 1 is 1.24 bits per heavy atom. The molecule has 0 amide bonds. The molecule has 1 aromatic carbocycles. The van der Waals surface area contributed by atoms with Crippen LogP contribution in [-0.2, 0) is 0 Å². The molecule has 0 aromatic heterocycles. The number of benzene rings is 1. The largest absolute Gasteiger partial charge is 0.489 e. The molecule has 1 atom stereocenters. The third kappa shape index (κ3) is 4.42. The smallest absolute Gasteiger partial charge is 0.165 e. The number of hydrogen-bond acceptors (Lipinski definition) is 3. The van der Waals surface area contributed by atoms with Gasteiger partial charge in [0.05, 0.1) is 0 Å². The van der Waals surface area contributed by atoms with E-state index in [0.29, 0.717) is 12.4 Å². The van der Waals surface area contributed by atoms with Crippen LogP contribution in [0, 0.1) is 11.7 Å². The first-order valence-corrected chi connectivity index (χ1v) is 8.15. The van der Waals surface area contributed by atoms with Crippen molar-refractivity contribution in [2.75, 3.05) is 32.8 Å². The summed E-state index contributed by atoms with van der Waals surface area (Å²) in [5.41, 5.74) is 0. The normalized spacial score (nSPS) is 22.5. The van der Waals surface area contributed by atoms with E-state index >= 15 is 0 Å². The second kappa shape index (κ2) is 7.23. The van der Waals surface area contributed by atoms with E-state index in [9.17, 15) is 4.39 Å². The second-order valence-electron chi connectivity index (χ2n) is 6.22. The molecule has 0 bridgehead atoms. The summed E-state index contributed by atoms with van der Waals surface area (Å²) >= 11 is 0. The second-order valence-corrected chi connectivity index (χ2v) is 6.22. The quantitative estimate of drug-likeness (QED) is 0.836. The molecule has 1 saturated carbocycles. The SMILES string of the molecule is Fc1ccccc1OCCN(CC1CCCNC1)C1CC1. The van der Waals surface area contributed by atoms with E-state index < -0.39 is 0 Å². The Labute approximate surface area is 126 Å². The van der Waals surface area contributed by atoms with Gasteiger partial charge in [-0.1, -0.05) is 12.1 Å². The van der Waals surface area contributed by atoms with Crippen molar-refractivity contribution >= 4 is 0 Å². The van der Waals surface area contributed by atoms with Crippen molar-refractivity contribution in [2.45, 2.75) is 31.7 Å².